The van der Waals surface area contributed by atoms with Gasteiger partial charge in [-0.3, -0.25) is 24.8 Å². The summed E-state index contributed by atoms with van der Waals surface area (Å²) in [5.74, 6) is -2.90. The van der Waals surface area contributed by atoms with Crippen molar-refractivity contribution in [2.45, 2.75) is 8.65 Å². The Labute approximate surface area is 200 Å². The second kappa shape index (κ2) is 6.59. The zero-order valence-electron chi connectivity index (χ0n) is 16.5. The molecule has 0 radical (unpaired) electrons. The fourth-order valence-electron chi connectivity index (χ4n) is 5.44. The molecule has 2 heterocycles. The topological polar surface area (TPSA) is 79.4 Å². The van der Waals surface area contributed by atoms with Crippen LogP contribution < -0.4 is 5.43 Å². The maximum absolute atomic E-state index is 13.7. The van der Waals surface area contributed by atoms with Gasteiger partial charge in [0.15, 0.2) is 0 Å². The predicted molar refractivity (Wildman–Crippen MR) is 123 cm³/mol. The molecule has 158 valence electrons. The highest BCUT2D eigenvalue weighted by atomic mass is 79.9. The Morgan fingerprint density at radius 2 is 1.28 bits per heavy atom. The summed E-state index contributed by atoms with van der Waals surface area (Å²) >= 11 is 7.85. The number of nitrogens with one attached hydrogen (secondary N) is 1. The highest BCUT2D eigenvalue weighted by Gasteiger charge is 2.72. The van der Waals surface area contributed by atoms with Gasteiger partial charge in [-0.25, -0.2) is 0 Å². The molecule has 1 saturated heterocycles. The minimum absolute atomic E-state index is 0.264. The van der Waals surface area contributed by atoms with E-state index in [1.54, 1.807) is 18.3 Å². The first-order chi connectivity index (χ1) is 15.4. The van der Waals surface area contributed by atoms with Gasteiger partial charge in [0, 0.05) is 12.4 Å². The normalized spacial score (nSPS) is 29.4. The average molecular weight is 553 g/mol. The molecule has 6 nitrogen and oxygen atoms in total. The number of pyridine rings is 1. The third-order valence-electron chi connectivity index (χ3n) is 6.72. The van der Waals surface area contributed by atoms with E-state index >= 15 is 0 Å². The quantitative estimate of drug-likeness (QED) is 0.389. The predicted octanol–water partition coefficient (Wildman–Crippen LogP) is 3.63. The molecule has 0 saturated carbocycles. The first kappa shape index (κ1) is 19.8. The third kappa shape index (κ3) is 2.24. The molecule has 2 atom stereocenters. The number of hydrazine groups is 1. The van der Waals surface area contributed by atoms with Crippen molar-refractivity contribution in [1.82, 2.24) is 15.4 Å². The summed E-state index contributed by atoms with van der Waals surface area (Å²) < 4.78 is -1.78. The second-order valence-corrected chi connectivity index (χ2v) is 10.7. The standard InChI is InChI=1S/C24H15Br2N3O3/c25-23-14-7-1-2-8-15(14)24(26,17-10-4-3-9-16(17)23)19-18(23)21(31)29(22(19)32)28-20(30)13-6-5-11-27-12-13/h1-12,18-19H,(H,28,30)/t18-,19-,23?,24?/m1/s1. The van der Waals surface area contributed by atoms with E-state index < -0.39 is 38.2 Å². The van der Waals surface area contributed by atoms with Crippen molar-refractivity contribution in [1.29, 1.82) is 0 Å². The molecule has 3 amide bonds. The van der Waals surface area contributed by atoms with Gasteiger partial charge in [0.25, 0.3) is 17.7 Å². The van der Waals surface area contributed by atoms with Crippen LogP contribution in [0.3, 0.4) is 0 Å². The highest BCUT2D eigenvalue weighted by Crippen LogP contribution is 2.70. The van der Waals surface area contributed by atoms with Crippen LogP contribution in [-0.4, -0.2) is 27.7 Å². The Balaban J connectivity index is 1.52. The summed E-state index contributed by atoms with van der Waals surface area (Å²) in [5.41, 5.74) is 6.56. The molecule has 2 bridgehead atoms. The summed E-state index contributed by atoms with van der Waals surface area (Å²) in [7, 11) is 0. The van der Waals surface area contributed by atoms with E-state index in [1.165, 1.54) is 6.20 Å². The van der Waals surface area contributed by atoms with E-state index in [4.69, 9.17) is 0 Å². The monoisotopic (exact) mass is 551 g/mol. The lowest BCUT2D eigenvalue weighted by Crippen LogP contribution is -2.56. The third-order valence-corrected chi connectivity index (χ3v) is 9.42. The smallest absolute Gasteiger partial charge is 0.271 e. The van der Waals surface area contributed by atoms with Gasteiger partial charge in [0.05, 0.1) is 26.0 Å². The molecule has 1 aromatic heterocycles. The van der Waals surface area contributed by atoms with E-state index in [2.05, 4.69) is 42.3 Å². The summed E-state index contributed by atoms with van der Waals surface area (Å²) in [5, 5.41) is 0.883. The van der Waals surface area contributed by atoms with E-state index in [0.29, 0.717) is 0 Å². The molecule has 7 rings (SSSR count). The number of carbonyl (C=O) groups is 3. The number of aromatic nitrogens is 1. The van der Waals surface area contributed by atoms with Crippen molar-refractivity contribution in [3.05, 3.63) is 101 Å². The Hall–Kier alpha value is -2.84. The molecule has 0 spiro atoms. The molecule has 2 aromatic carbocycles. The van der Waals surface area contributed by atoms with Crippen LogP contribution in [0.15, 0.2) is 73.1 Å². The van der Waals surface area contributed by atoms with Crippen LogP contribution in [-0.2, 0) is 18.2 Å². The lowest BCUT2D eigenvalue weighted by atomic mass is 9.54. The van der Waals surface area contributed by atoms with E-state index in [9.17, 15) is 14.4 Å². The number of alkyl halides is 2. The van der Waals surface area contributed by atoms with Crippen LogP contribution in [0.1, 0.15) is 32.6 Å². The van der Waals surface area contributed by atoms with Crippen molar-refractivity contribution >= 4 is 49.6 Å². The van der Waals surface area contributed by atoms with E-state index in [0.717, 1.165) is 27.3 Å². The van der Waals surface area contributed by atoms with Gasteiger partial charge in [-0.15, -0.1) is 0 Å². The zero-order valence-corrected chi connectivity index (χ0v) is 19.6. The van der Waals surface area contributed by atoms with Crippen molar-refractivity contribution in [2.75, 3.05) is 0 Å². The van der Waals surface area contributed by atoms with Crippen LogP contribution in [0, 0.1) is 11.8 Å². The molecule has 1 N–H and O–H groups in total. The summed E-state index contributed by atoms with van der Waals surface area (Å²) in [6, 6.07) is 18.9. The fraction of sp³-hybridized carbons (Fsp3) is 0.167. The molecular formula is C24H15Br2N3O3. The van der Waals surface area contributed by atoms with Crippen LogP contribution >= 0.6 is 31.9 Å². The Morgan fingerprint density at radius 1 is 0.812 bits per heavy atom. The second-order valence-electron chi connectivity index (χ2n) is 8.16. The number of hydrogen-bond donors (Lipinski definition) is 1. The lowest BCUT2D eigenvalue weighted by Gasteiger charge is -2.55. The number of halogens is 2. The average Bonchev–Trinajstić information content (AvgIpc) is 3.09. The van der Waals surface area contributed by atoms with Crippen molar-refractivity contribution < 1.29 is 14.4 Å². The number of carbonyl (C=O) groups excluding carboxylic acids is 3. The highest BCUT2D eigenvalue weighted by molar-refractivity contribution is 9.10. The van der Waals surface area contributed by atoms with Crippen molar-refractivity contribution in [3.63, 3.8) is 0 Å². The largest absolute Gasteiger partial charge is 0.272 e. The molecule has 3 aliphatic carbocycles. The first-order valence-corrected chi connectivity index (χ1v) is 11.7. The number of amides is 3. The van der Waals surface area contributed by atoms with Gasteiger partial charge in [-0.05, 0) is 34.4 Å². The van der Waals surface area contributed by atoms with Gasteiger partial charge in [-0.2, -0.15) is 5.01 Å². The molecule has 3 aromatic rings. The number of benzene rings is 2. The molecule has 4 aliphatic rings. The van der Waals surface area contributed by atoms with Gasteiger partial charge in [0.1, 0.15) is 0 Å². The van der Waals surface area contributed by atoms with Gasteiger partial charge < -0.3 is 0 Å². The molecule has 32 heavy (non-hydrogen) atoms. The molecule has 0 unspecified atom stereocenters. The molecule has 1 aliphatic heterocycles. The van der Waals surface area contributed by atoms with Crippen LogP contribution in [0.25, 0.3) is 0 Å². The van der Waals surface area contributed by atoms with Crippen LogP contribution in [0.5, 0.6) is 0 Å². The van der Waals surface area contributed by atoms with Crippen LogP contribution in [0.2, 0.25) is 0 Å². The summed E-state index contributed by atoms with van der Waals surface area (Å²) in [4.78, 5) is 44.1. The van der Waals surface area contributed by atoms with Gasteiger partial charge >= 0.3 is 0 Å². The number of imide groups is 1. The van der Waals surface area contributed by atoms with Gasteiger partial charge in [-0.1, -0.05) is 80.4 Å². The zero-order chi connectivity index (χ0) is 22.3. The van der Waals surface area contributed by atoms with Crippen molar-refractivity contribution in [2.24, 2.45) is 11.8 Å². The summed E-state index contributed by atoms with van der Waals surface area (Å²) in [6.45, 7) is 0. The molecule has 1 fully saturated rings. The van der Waals surface area contributed by atoms with Crippen molar-refractivity contribution in [3.8, 4) is 0 Å². The van der Waals surface area contributed by atoms with E-state index in [-0.39, 0.29) is 5.56 Å². The molecular weight excluding hydrogens is 538 g/mol. The number of nitrogens with zero attached hydrogens (tertiary/aromatic N) is 2. The number of hydrogen-bond acceptors (Lipinski definition) is 4. The maximum atomic E-state index is 13.7. The minimum atomic E-state index is -0.888. The van der Waals surface area contributed by atoms with E-state index in [1.807, 2.05) is 48.5 Å². The Bertz CT molecular complexity index is 1210. The first-order valence-electron chi connectivity index (χ1n) is 10.1. The fourth-order valence-corrected chi connectivity index (χ4v) is 7.74. The molecule has 8 heteroatoms. The number of rotatable bonds is 2. The SMILES string of the molecule is O=C(NN1C(=O)[C@H]2[C@H](C1=O)C1(Br)c3ccccc3C2(Br)c2ccccc21)c1cccnc1. The van der Waals surface area contributed by atoms with Gasteiger partial charge in [0.2, 0.25) is 0 Å². The minimum Gasteiger partial charge on any atom is -0.272 e. The summed E-state index contributed by atoms with van der Waals surface area (Å²) in [6.07, 6.45) is 2.94. The Kier molecular flexibility index (Phi) is 4.08. The Morgan fingerprint density at radius 3 is 1.69 bits per heavy atom. The lowest BCUT2D eigenvalue weighted by molar-refractivity contribution is -0.142. The maximum Gasteiger partial charge on any atom is 0.271 e. The van der Waals surface area contributed by atoms with Crippen LogP contribution in [0.4, 0.5) is 0 Å².